The molecule has 43 heavy (non-hydrogen) atoms. The van der Waals surface area contributed by atoms with Gasteiger partial charge < -0.3 is 15.7 Å². The number of amides is 3. The summed E-state index contributed by atoms with van der Waals surface area (Å²) in [7, 11) is 0. The Hall–Kier alpha value is -4.31. The summed E-state index contributed by atoms with van der Waals surface area (Å²) in [4.78, 5) is 37.9. The number of halogens is 4. The van der Waals surface area contributed by atoms with Gasteiger partial charge in [-0.25, -0.2) is 4.79 Å². The number of urea groups is 1. The zero-order valence-electron chi connectivity index (χ0n) is 22.5. The van der Waals surface area contributed by atoms with E-state index in [1.165, 1.54) is 16.5 Å². The molecule has 0 fully saturated rings. The summed E-state index contributed by atoms with van der Waals surface area (Å²) in [6.45, 7) is 0.0338. The molecule has 0 saturated carbocycles. The van der Waals surface area contributed by atoms with Crippen LogP contribution >= 0.6 is 11.6 Å². The third-order valence-electron chi connectivity index (χ3n) is 6.79. The molecule has 228 valence electrons. The summed E-state index contributed by atoms with van der Waals surface area (Å²) in [5.41, 5.74) is 2.64. The van der Waals surface area contributed by atoms with Gasteiger partial charge in [0.15, 0.2) is 0 Å². The quantitative estimate of drug-likeness (QED) is 0.225. The van der Waals surface area contributed by atoms with E-state index < -0.39 is 34.7 Å². The van der Waals surface area contributed by atoms with Gasteiger partial charge in [0.2, 0.25) is 0 Å². The first kappa shape index (κ1) is 33.2. The molecule has 0 unspecified atom stereocenters. The van der Waals surface area contributed by atoms with Crippen molar-refractivity contribution in [3.63, 3.8) is 0 Å². The fraction of sp³-hybridized carbons (Fsp3) is 0.281. The Morgan fingerprint density at radius 1 is 0.953 bits per heavy atom. The average Bonchev–Trinajstić information content (AvgIpc) is 2.97. The third kappa shape index (κ3) is 9.09. The van der Waals surface area contributed by atoms with Gasteiger partial charge in [-0.1, -0.05) is 49.4 Å². The highest BCUT2D eigenvalue weighted by atomic mass is 35.5. The second-order valence-electron chi connectivity index (χ2n) is 9.83. The first-order valence-corrected chi connectivity index (χ1v) is 13.7. The number of aliphatic carboxylic acids is 1. The van der Waals surface area contributed by atoms with Crippen LogP contribution in [0.5, 0.6) is 0 Å². The van der Waals surface area contributed by atoms with Crippen molar-refractivity contribution in [2.75, 3.05) is 16.8 Å². The van der Waals surface area contributed by atoms with Gasteiger partial charge in [-0.05, 0) is 84.8 Å². The van der Waals surface area contributed by atoms with E-state index in [1.807, 2.05) is 12.1 Å². The maximum absolute atomic E-state index is 13.5. The van der Waals surface area contributed by atoms with Crippen molar-refractivity contribution in [1.82, 2.24) is 5.32 Å². The smallest absolute Gasteiger partial charge is 0.417 e. The molecule has 0 aromatic heterocycles. The van der Waals surface area contributed by atoms with E-state index in [9.17, 15) is 27.6 Å². The SMILES string of the molecule is C.O=C(O)CCNC(=O)c1ccc(CN(C(=O)Nc2ccc(Cl)c(C(F)(F)F)c2)c2ccc(C3=CCCCC3)cc2)cc1. The van der Waals surface area contributed by atoms with Crippen molar-refractivity contribution >= 4 is 46.5 Å². The number of carboxylic acids is 1. The number of carbonyl (C=O) groups excluding carboxylic acids is 2. The number of rotatable bonds is 9. The van der Waals surface area contributed by atoms with Gasteiger partial charge in [0.05, 0.1) is 23.6 Å². The first-order valence-electron chi connectivity index (χ1n) is 13.3. The predicted octanol–water partition coefficient (Wildman–Crippen LogP) is 8.40. The Balaban J connectivity index is 0.00000506. The number of hydrogen-bond acceptors (Lipinski definition) is 3. The molecule has 0 bridgehead atoms. The molecular formula is C32H33ClF3N3O4. The number of carboxylic acid groups (broad SMARTS) is 1. The Labute approximate surface area is 253 Å². The molecule has 11 heteroatoms. The molecule has 0 spiro atoms. The fourth-order valence-corrected chi connectivity index (χ4v) is 4.80. The molecule has 3 amide bonds. The van der Waals surface area contributed by atoms with Crippen LogP contribution in [0.4, 0.5) is 29.3 Å². The minimum atomic E-state index is -4.69. The van der Waals surface area contributed by atoms with Crippen molar-refractivity contribution in [3.8, 4) is 0 Å². The lowest BCUT2D eigenvalue weighted by molar-refractivity contribution is -0.138. The van der Waals surface area contributed by atoms with Gasteiger partial charge in [-0.15, -0.1) is 0 Å². The maximum atomic E-state index is 13.5. The molecule has 3 aromatic rings. The molecule has 1 aliphatic carbocycles. The monoisotopic (exact) mass is 615 g/mol. The van der Waals surface area contributed by atoms with Crippen LogP contribution in [0.15, 0.2) is 72.8 Å². The highest BCUT2D eigenvalue weighted by Crippen LogP contribution is 2.36. The number of benzene rings is 3. The van der Waals surface area contributed by atoms with Crippen molar-refractivity contribution in [1.29, 1.82) is 0 Å². The molecule has 4 rings (SSSR count). The number of allylic oxidation sites excluding steroid dienone is 2. The molecule has 0 atom stereocenters. The number of hydrogen-bond donors (Lipinski definition) is 3. The normalized spacial score (nSPS) is 12.9. The van der Waals surface area contributed by atoms with E-state index in [2.05, 4.69) is 16.7 Å². The zero-order valence-corrected chi connectivity index (χ0v) is 23.3. The lowest BCUT2D eigenvalue weighted by Gasteiger charge is -2.24. The van der Waals surface area contributed by atoms with Gasteiger partial charge in [-0.2, -0.15) is 13.2 Å². The van der Waals surface area contributed by atoms with Gasteiger partial charge in [0.1, 0.15) is 0 Å². The molecule has 1 aliphatic rings. The van der Waals surface area contributed by atoms with Crippen LogP contribution in [0, 0.1) is 0 Å². The molecule has 0 radical (unpaired) electrons. The molecular weight excluding hydrogens is 583 g/mol. The fourth-order valence-electron chi connectivity index (χ4n) is 4.58. The molecule has 3 aromatic carbocycles. The highest BCUT2D eigenvalue weighted by molar-refractivity contribution is 6.31. The van der Waals surface area contributed by atoms with Crippen LogP contribution in [0.1, 0.15) is 66.6 Å². The summed E-state index contributed by atoms with van der Waals surface area (Å²) in [5.74, 6) is -1.46. The van der Waals surface area contributed by atoms with Crippen LogP contribution < -0.4 is 15.5 Å². The van der Waals surface area contributed by atoms with E-state index in [1.54, 1.807) is 36.4 Å². The predicted molar refractivity (Wildman–Crippen MR) is 162 cm³/mol. The number of nitrogens with zero attached hydrogens (tertiary/aromatic N) is 1. The highest BCUT2D eigenvalue weighted by Gasteiger charge is 2.33. The van der Waals surface area contributed by atoms with Crippen molar-refractivity contribution in [2.24, 2.45) is 0 Å². The minimum Gasteiger partial charge on any atom is -0.481 e. The van der Waals surface area contributed by atoms with Crippen LogP contribution in [-0.2, 0) is 17.5 Å². The van der Waals surface area contributed by atoms with Crippen molar-refractivity contribution in [3.05, 3.63) is 100 Å². The summed E-state index contributed by atoms with van der Waals surface area (Å²) < 4.78 is 40.2. The van der Waals surface area contributed by atoms with Gasteiger partial charge in [0, 0.05) is 23.5 Å². The lowest BCUT2D eigenvalue weighted by Crippen LogP contribution is -2.34. The Bertz CT molecular complexity index is 1470. The number of carbonyl (C=O) groups is 3. The molecule has 7 nitrogen and oxygen atoms in total. The summed E-state index contributed by atoms with van der Waals surface area (Å²) in [6, 6.07) is 16.3. The van der Waals surface area contributed by atoms with E-state index in [0.29, 0.717) is 16.8 Å². The van der Waals surface area contributed by atoms with E-state index in [-0.39, 0.29) is 32.6 Å². The van der Waals surface area contributed by atoms with Crippen molar-refractivity contribution < 1.29 is 32.7 Å². The molecule has 0 heterocycles. The molecule has 0 saturated heterocycles. The summed E-state index contributed by atoms with van der Waals surface area (Å²) in [6.07, 6.45) is 1.56. The van der Waals surface area contributed by atoms with Crippen LogP contribution in [0.3, 0.4) is 0 Å². The third-order valence-corrected chi connectivity index (χ3v) is 7.12. The number of anilines is 2. The zero-order chi connectivity index (χ0) is 30.3. The molecule has 0 aliphatic heterocycles. The topological polar surface area (TPSA) is 98.7 Å². The summed E-state index contributed by atoms with van der Waals surface area (Å²) >= 11 is 5.74. The molecule has 3 N–H and O–H groups in total. The second kappa shape index (κ2) is 14.7. The van der Waals surface area contributed by atoms with Gasteiger partial charge in [0.25, 0.3) is 5.91 Å². The number of alkyl halides is 3. The van der Waals surface area contributed by atoms with Gasteiger partial charge in [-0.3, -0.25) is 14.5 Å². The number of nitrogens with one attached hydrogen (secondary N) is 2. The van der Waals surface area contributed by atoms with Crippen LogP contribution in [0.25, 0.3) is 5.57 Å². The maximum Gasteiger partial charge on any atom is 0.417 e. The van der Waals surface area contributed by atoms with Crippen molar-refractivity contribution in [2.45, 2.75) is 52.3 Å². The Morgan fingerprint density at radius 2 is 1.65 bits per heavy atom. The van der Waals surface area contributed by atoms with Crippen LogP contribution in [-0.4, -0.2) is 29.6 Å². The van der Waals surface area contributed by atoms with Crippen LogP contribution in [0.2, 0.25) is 5.02 Å². The summed E-state index contributed by atoms with van der Waals surface area (Å²) in [5, 5.41) is 13.3. The average molecular weight is 616 g/mol. The second-order valence-corrected chi connectivity index (χ2v) is 10.2. The van der Waals surface area contributed by atoms with E-state index in [4.69, 9.17) is 16.7 Å². The lowest BCUT2D eigenvalue weighted by atomic mass is 9.93. The Morgan fingerprint density at radius 3 is 2.26 bits per heavy atom. The van der Waals surface area contributed by atoms with E-state index >= 15 is 0 Å². The minimum absolute atomic E-state index is 0. The van der Waals surface area contributed by atoms with Gasteiger partial charge >= 0.3 is 18.2 Å². The standard InChI is InChI=1S/C31H29ClF3N3O4.CH4/c32-27-15-12-24(18-26(27)31(33,34)35)37-30(42)38(25-13-10-22(11-14-25)21-4-2-1-3-5-21)19-20-6-8-23(9-7-20)29(41)36-17-16-28(39)40;/h4,6-15,18H,1-3,5,16-17,19H2,(H,36,41)(H,37,42)(H,39,40);1H4. The Kier molecular flexibility index (Phi) is 11.4. The first-order chi connectivity index (χ1) is 20.0. The van der Waals surface area contributed by atoms with E-state index in [0.717, 1.165) is 43.4 Å². The largest absolute Gasteiger partial charge is 0.481 e.